The minimum atomic E-state index is -0.338. The Morgan fingerprint density at radius 1 is 1.27 bits per heavy atom. The topological polar surface area (TPSA) is 37.7 Å². The van der Waals surface area contributed by atoms with Crippen LogP contribution in [0.3, 0.4) is 0 Å². The Labute approximate surface area is 154 Å². The lowest BCUT2D eigenvalue weighted by Gasteiger charge is -2.40. The van der Waals surface area contributed by atoms with Gasteiger partial charge in [-0.3, -0.25) is 4.79 Å². The molecule has 2 aromatic carbocycles. The molecule has 7 heteroatoms. The van der Waals surface area contributed by atoms with E-state index in [2.05, 4.69) is 0 Å². The Balaban J connectivity index is 1.88. The van der Waals surface area contributed by atoms with Crippen LogP contribution >= 0.6 is 11.6 Å². The number of hydrogen-bond acceptors (Lipinski definition) is 3. The summed E-state index contributed by atoms with van der Waals surface area (Å²) in [6.07, 6.45) is 1.50. The Kier molecular flexibility index (Phi) is 3.21. The zero-order chi connectivity index (χ0) is 18.0. The summed E-state index contributed by atoms with van der Waals surface area (Å²) in [5.74, 6) is 0.558. The fourth-order valence-corrected chi connectivity index (χ4v) is 4.35. The SMILES string of the molecule is COc1ccc2c(c1)N(F)n1c3c(c4cc(Cl)ccc41)CCN(C=O)C23. The Bertz CT molecular complexity index is 1060. The number of nitrogens with zero attached hydrogens (tertiary/aromatic N) is 3. The van der Waals surface area contributed by atoms with E-state index >= 15 is 4.48 Å². The summed E-state index contributed by atoms with van der Waals surface area (Å²) in [5, 5.41) is 2.17. The minimum absolute atomic E-state index is 0.338. The molecule has 2 aliphatic heterocycles. The second kappa shape index (κ2) is 5.38. The maximum absolute atomic E-state index is 15.5. The number of aromatic nitrogens is 1. The first-order valence-electron chi connectivity index (χ1n) is 8.32. The van der Waals surface area contributed by atoms with Crippen LogP contribution in [-0.4, -0.2) is 29.6 Å². The zero-order valence-electron chi connectivity index (χ0n) is 13.9. The summed E-state index contributed by atoms with van der Waals surface area (Å²) in [5.41, 5.74) is 3.65. The van der Waals surface area contributed by atoms with Crippen molar-refractivity contribution < 1.29 is 14.0 Å². The molecule has 0 radical (unpaired) electrons. The van der Waals surface area contributed by atoms with Gasteiger partial charge in [-0.15, -0.1) is 5.23 Å². The molecule has 1 unspecified atom stereocenters. The van der Waals surface area contributed by atoms with E-state index in [4.69, 9.17) is 16.3 Å². The molecule has 0 saturated heterocycles. The molecule has 132 valence electrons. The number of rotatable bonds is 2. The lowest BCUT2D eigenvalue weighted by molar-refractivity contribution is -0.120. The van der Waals surface area contributed by atoms with Crippen molar-refractivity contribution in [3.05, 3.63) is 58.2 Å². The van der Waals surface area contributed by atoms with Crippen LogP contribution in [0.25, 0.3) is 10.9 Å². The first-order chi connectivity index (χ1) is 12.6. The summed E-state index contributed by atoms with van der Waals surface area (Å²) >= 11 is 6.19. The van der Waals surface area contributed by atoms with E-state index < -0.39 is 0 Å². The van der Waals surface area contributed by atoms with Crippen molar-refractivity contribution in [1.82, 2.24) is 9.58 Å². The molecule has 26 heavy (non-hydrogen) atoms. The maximum Gasteiger partial charge on any atom is 0.210 e. The standard InChI is InChI=1S/C19H15ClFN3O2/c1-26-12-3-4-14-17(9-12)24(21)23-16-5-2-11(20)8-15(16)13-6-7-22(10-25)18(14)19(13)23/h2-5,8-10,18H,6-7H2,1H3. The smallest absolute Gasteiger partial charge is 0.210 e. The second-order valence-corrected chi connectivity index (χ2v) is 6.95. The van der Waals surface area contributed by atoms with Gasteiger partial charge in [-0.2, -0.15) is 0 Å². The number of carbonyl (C=O) groups excluding carboxylic acids is 1. The van der Waals surface area contributed by atoms with Crippen molar-refractivity contribution in [2.24, 2.45) is 0 Å². The quantitative estimate of drug-likeness (QED) is 0.507. The number of benzene rings is 2. The Morgan fingerprint density at radius 3 is 2.88 bits per heavy atom. The Hall–Kier alpha value is -2.73. The highest BCUT2D eigenvalue weighted by atomic mass is 35.5. The normalized spacial score (nSPS) is 17.9. The number of amides is 1. The number of methoxy groups -OCH3 is 1. The van der Waals surface area contributed by atoms with E-state index in [1.807, 2.05) is 18.2 Å². The molecule has 0 saturated carbocycles. The van der Waals surface area contributed by atoms with Gasteiger partial charge in [0.05, 0.1) is 18.3 Å². The van der Waals surface area contributed by atoms with Gasteiger partial charge in [0.15, 0.2) is 0 Å². The Morgan fingerprint density at radius 2 is 2.12 bits per heavy atom. The van der Waals surface area contributed by atoms with Crippen LogP contribution in [0.5, 0.6) is 5.75 Å². The molecular formula is C19H15ClFN3O2. The van der Waals surface area contributed by atoms with Gasteiger partial charge >= 0.3 is 0 Å². The molecule has 5 nitrogen and oxygen atoms in total. The third-order valence-electron chi connectivity index (χ3n) is 5.30. The van der Waals surface area contributed by atoms with Gasteiger partial charge in [-0.1, -0.05) is 22.1 Å². The van der Waals surface area contributed by atoms with E-state index in [1.54, 1.807) is 34.9 Å². The summed E-state index contributed by atoms with van der Waals surface area (Å²) in [6, 6.07) is 10.4. The van der Waals surface area contributed by atoms with Crippen LogP contribution < -0.4 is 9.97 Å². The molecule has 0 N–H and O–H groups in total. The van der Waals surface area contributed by atoms with Gasteiger partial charge in [-0.05, 0) is 36.2 Å². The third-order valence-corrected chi connectivity index (χ3v) is 5.54. The summed E-state index contributed by atoms with van der Waals surface area (Å²) in [6.45, 7) is 0.574. The average molecular weight is 372 g/mol. The van der Waals surface area contributed by atoms with E-state index in [0.717, 1.165) is 34.1 Å². The van der Waals surface area contributed by atoms with Gasteiger partial charge in [0.25, 0.3) is 0 Å². The van der Waals surface area contributed by atoms with Crippen LogP contribution in [0.4, 0.5) is 10.2 Å². The van der Waals surface area contributed by atoms with Crippen LogP contribution in [0, 0.1) is 0 Å². The monoisotopic (exact) mass is 371 g/mol. The van der Waals surface area contributed by atoms with E-state index in [1.165, 1.54) is 0 Å². The molecule has 2 aliphatic rings. The fourth-order valence-electron chi connectivity index (χ4n) is 4.18. The predicted octanol–water partition coefficient (Wildman–Crippen LogP) is 3.87. The molecule has 3 heterocycles. The van der Waals surface area contributed by atoms with Gasteiger partial charge in [-0.25, -0.2) is 4.68 Å². The summed E-state index contributed by atoms with van der Waals surface area (Å²) in [7, 11) is 1.54. The predicted molar refractivity (Wildman–Crippen MR) is 97.2 cm³/mol. The lowest BCUT2D eigenvalue weighted by atomic mass is 9.91. The average Bonchev–Trinajstić information content (AvgIpc) is 2.99. The van der Waals surface area contributed by atoms with Crippen molar-refractivity contribution in [3.8, 4) is 5.75 Å². The summed E-state index contributed by atoms with van der Waals surface area (Å²) < 4.78 is 22.3. The molecule has 0 bridgehead atoms. The maximum atomic E-state index is 15.5. The van der Waals surface area contributed by atoms with Crippen LogP contribution in [0.2, 0.25) is 5.02 Å². The number of ether oxygens (including phenoxy) is 1. The number of fused-ring (bicyclic) bond motifs is 5. The number of hydrogen-bond donors (Lipinski definition) is 0. The second-order valence-electron chi connectivity index (χ2n) is 6.52. The van der Waals surface area contributed by atoms with Crippen molar-refractivity contribution >= 4 is 34.6 Å². The van der Waals surface area contributed by atoms with Crippen LogP contribution in [-0.2, 0) is 11.2 Å². The van der Waals surface area contributed by atoms with Gasteiger partial charge in [0, 0.05) is 28.6 Å². The third kappa shape index (κ3) is 1.88. The number of halogens is 2. The highest BCUT2D eigenvalue weighted by molar-refractivity contribution is 6.31. The molecule has 1 atom stereocenters. The van der Waals surface area contributed by atoms with Crippen molar-refractivity contribution in [2.75, 3.05) is 18.9 Å². The molecular weight excluding hydrogens is 357 g/mol. The van der Waals surface area contributed by atoms with E-state index in [9.17, 15) is 4.79 Å². The molecule has 1 amide bonds. The fraction of sp³-hybridized carbons (Fsp3) is 0.211. The molecule has 0 aliphatic carbocycles. The molecule has 5 rings (SSSR count). The van der Waals surface area contributed by atoms with Gasteiger partial charge in [0.1, 0.15) is 17.5 Å². The minimum Gasteiger partial charge on any atom is -0.497 e. The number of anilines is 1. The molecule has 3 aromatic rings. The van der Waals surface area contributed by atoms with Crippen molar-refractivity contribution in [1.29, 1.82) is 0 Å². The van der Waals surface area contributed by atoms with E-state index in [0.29, 0.717) is 34.7 Å². The highest BCUT2D eigenvalue weighted by Gasteiger charge is 2.41. The zero-order valence-corrected chi connectivity index (χ0v) is 14.7. The van der Waals surface area contributed by atoms with Gasteiger partial charge < -0.3 is 9.64 Å². The molecule has 1 aromatic heterocycles. The van der Waals surface area contributed by atoms with Crippen LogP contribution in [0.15, 0.2) is 36.4 Å². The molecule has 0 fully saturated rings. The van der Waals surface area contributed by atoms with Crippen molar-refractivity contribution in [2.45, 2.75) is 12.5 Å². The first-order valence-corrected chi connectivity index (χ1v) is 8.69. The highest BCUT2D eigenvalue weighted by Crippen LogP contribution is 2.48. The largest absolute Gasteiger partial charge is 0.497 e. The first kappa shape index (κ1) is 15.5. The number of carbonyl (C=O) groups is 1. The van der Waals surface area contributed by atoms with Gasteiger partial charge in [0.2, 0.25) is 6.41 Å². The summed E-state index contributed by atoms with van der Waals surface area (Å²) in [4.78, 5) is 13.4. The van der Waals surface area contributed by atoms with E-state index in [-0.39, 0.29) is 6.04 Å². The van der Waals surface area contributed by atoms with Crippen molar-refractivity contribution in [3.63, 3.8) is 0 Å². The van der Waals surface area contributed by atoms with Crippen LogP contribution in [0.1, 0.15) is 22.9 Å². The molecule has 0 spiro atoms. The lowest BCUT2D eigenvalue weighted by Crippen LogP contribution is -2.41.